The van der Waals surface area contributed by atoms with Gasteiger partial charge < -0.3 is 10.6 Å². The highest BCUT2D eigenvalue weighted by Gasteiger charge is 2.08. The van der Waals surface area contributed by atoms with Gasteiger partial charge in [-0.2, -0.15) is 0 Å². The van der Waals surface area contributed by atoms with E-state index in [1.807, 2.05) is 12.1 Å². The Labute approximate surface area is 126 Å². The van der Waals surface area contributed by atoms with E-state index in [0.717, 1.165) is 12.0 Å². The van der Waals surface area contributed by atoms with E-state index in [4.69, 9.17) is 0 Å². The maximum Gasteiger partial charge on any atom is 0.226 e. The van der Waals surface area contributed by atoms with E-state index in [1.54, 1.807) is 17.8 Å². The average Bonchev–Trinajstić information content (AvgIpc) is 2.86. The second-order valence-electron chi connectivity index (χ2n) is 4.46. The summed E-state index contributed by atoms with van der Waals surface area (Å²) < 4.78 is 0. The first-order chi connectivity index (χ1) is 10.1. The van der Waals surface area contributed by atoms with Gasteiger partial charge in [0.15, 0.2) is 5.13 Å². The van der Waals surface area contributed by atoms with Gasteiger partial charge in [-0.1, -0.05) is 0 Å². The van der Waals surface area contributed by atoms with E-state index in [-0.39, 0.29) is 18.2 Å². The lowest BCUT2D eigenvalue weighted by Crippen LogP contribution is -2.27. The van der Waals surface area contributed by atoms with Gasteiger partial charge in [-0.05, 0) is 24.1 Å². The molecule has 2 N–H and O–H groups in total. The molecule has 6 nitrogen and oxygen atoms in total. The first-order valence-electron chi connectivity index (χ1n) is 6.51. The lowest BCUT2D eigenvalue weighted by atomic mass is 10.2. The van der Waals surface area contributed by atoms with Crippen molar-refractivity contribution in [3.63, 3.8) is 0 Å². The number of rotatable bonds is 6. The van der Waals surface area contributed by atoms with Crippen LogP contribution in [0.4, 0.5) is 5.13 Å². The molecule has 0 bridgehead atoms. The molecule has 2 aromatic rings. The second-order valence-corrected chi connectivity index (χ2v) is 5.32. The van der Waals surface area contributed by atoms with Gasteiger partial charge in [0.05, 0.1) is 12.1 Å². The van der Waals surface area contributed by atoms with Gasteiger partial charge in [-0.25, -0.2) is 4.98 Å². The summed E-state index contributed by atoms with van der Waals surface area (Å²) in [6.07, 6.45) is 4.45. The highest BCUT2D eigenvalue weighted by Crippen LogP contribution is 2.15. The van der Waals surface area contributed by atoms with Crippen molar-refractivity contribution in [2.24, 2.45) is 0 Å². The van der Waals surface area contributed by atoms with Crippen LogP contribution in [0.3, 0.4) is 0 Å². The number of anilines is 1. The number of aromatic nitrogens is 2. The minimum Gasteiger partial charge on any atom is -0.355 e. The van der Waals surface area contributed by atoms with E-state index >= 15 is 0 Å². The zero-order valence-electron chi connectivity index (χ0n) is 11.6. The Balaban J connectivity index is 1.74. The number of nitrogens with one attached hydrogen (secondary N) is 2. The average molecular weight is 304 g/mol. The molecule has 0 fully saturated rings. The van der Waals surface area contributed by atoms with E-state index in [1.165, 1.54) is 18.3 Å². The number of nitrogens with zero attached hydrogens (tertiary/aromatic N) is 2. The molecule has 0 aliphatic carbocycles. The molecule has 0 aliphatic heterocycles. The van der Waals surface area contributed by atoms with Crippen LogP contribution >= 0.6 is 11.3 Å². The monoisotopic (exact) mass is 304 g/mol. The predicted octanol–water partition coefficient (Wildman–Crippen LogP) is 1.40. The highest BCUT2D eigenvalue weighted by atomic mass is 32.1. The maximum absolute atomic E-state index is 11.8. The molecular weight excluding hydrogens is 288 g/mol. The quantitative estimate of drug-likeness (QED) is 0.845. The smallest absolute Gasteiger partial charge is 0.226 e. The third kappa shape index (κ3) is 5.31. The summed E-state index contributed by atoms with van der Waals surface area (Å²) in [6.45, 7) is 2.00. The lowest BCUT2D eigenvalue weighted by molar-refractivity contribution is -0.120. The van der Waals surface area contributed by atoms with Crippen LogP contribution in [0.2, 0.25) is 0 Å². The summed E-state index contributed by atoms with van der Waals surface area (Å²) >= 11 is 1.31. The Kier molecular flexibility index (Phi) is 5.39. The van der Waals surface area contributed by atoms with Crippen molar-refractivity contribution in [3.05, 3.63) is 41.2 Å². The van der Waals surface area contributed by atoms with Gasteiger partial charge in [0.1, 0.15) is 0 Å². The van der Waals surface area contributed by atoms with Crippen LogP contribution in [-0.4, -0.2) is 28.3 Å². The molecule has 0 saturated heterocycles. The normalized spacial score (nSPS) is 10.1. The first kappa shape index (κ1) is 15.1. The molecule has 7 heteroatoms. The third-order valence-corrected chi connectivity index (χ3v) is 3.47. The predicted molar refractivity (Wildman–Crippen MR) is 81.1 cm³/mol. The Morgan fingerprint density at radius 1 is 1.29 bits per heavy atom. The summed E-state index contributed by atoms with van der Waals surface area (Å²) in [7, 11) is 0. The van der Waals surface area contributed by atoms with Gasteiger partial charge in [0, 0.05) is 31.2 Å². The number of hydrogen-bond acceptors (Lipinski definition) is 5. The van der Waals surface area contributed by atoms with Crippen molar-refractivity contribution >= 4 is 28.3 Å². The van der Waals surface area contributed by atoms with E-state index in [0.29, 0.717) is 17.4 Å². The zero-order valence-corrected chi connectivity index (χ0v) is 12.4. The van der Waals surface area contributed by atoms with Crippen LogP contribution in [0.5, 0.6) is 0 Å². The SMILES string of the molecule is CC(=O)Nc1nc(CC(=O)NCCc2ccncc2)cs1. The summed E-state index contributed by atoms with van der Waals surface area (Å²) in [6, 6.07) is 3.85. The third-order valence-electron chi connectivity index (χ3n) is 2.66. The van der Waals surface area contributed by atoms with Gasteiger partial charge in [-0.15, -0.1) is 11.3 Å². The van der Waals surface area contributed by atoms with E-state index in [2.05, 4.69) is 20.6 Å². The number of amides is 2. The van der Waals surface area contributed by atoms with E-state index in [9.17, 15) is 9.59 Å². The fourth-order valence-corrected chi connectivity index (χ4v) is 2.48. The Morgan fingerprint density at radius 3 is 2.76 bits per heavy atom. The molecule has 2 rings (SSSR count). The zero-order chi connectivity index (χ0) is 15.1. The molecule has 2 aromatic heterocycles. The standard InChI is InChI=1S/C14H16N4O2S/c1-10(19)17-14-18-12(9-21-14)8-13(20)16-7-4-11-2-5-15-6-3-11/h2-3,5-6,9H,4,7-8H2,1H3,(H,16,20)(H,17,18,19). The van der Waals surface area contributed by atoms with Crippen molar-refractivity contribution < 1.29 is 9.59 Å². The number of hydrogen-bond donors (Lipinski definition) is 2. The largest absolute Gasteiger partial charge is 0.355 e. The molecule has 2 heterocycles. The van der Waals surface area contributed by atoms with Crippen molar-refractivity contribution in [2.75, 3.05) is 11.9 Å². The Hall–Kier alpha value is -2.28. The molecule has 0 unspecified atom stereocenters. The fraction of sp³-hybridized carbons (Fsp3) is 0.286. The molecule has 0 spiro atoms. The molecule has 0 radical (unpaired) electrons. The molecule has 0 atom stereocenters. The molecular formula is C14H16N4O2S. The van der Waals surface area contributed by atoms with Crippen molar-refractivity contribution in [1.29, 1.82) is 0 Å². The van der Waals surface area contributed by atoms with Crippen LogP contribution in [-0.2, 0) is 22.4 Å². The summed E-state index contributed by atoms with van der Waals surface area (Å²) in [5, 5.41) is 7.73. The van der Waals surface area contributed by atoms with Gasteiger partial charge >= 0.3 is 0 Å². The molecule has 110 valence electrons. The summed E-state index contributed by atoms with van der Waals surface area (Å²) in [5.74, 6) is -0.249. The molecule has 0 saturated carbocycles. The van der Waals surface area contributed by atoms with Crippen LogP contribution in [0.25, 0.3) is 0 Å². The fourth-order valence-electron chi connectivity index (χ4n) is 1.72. The minimum absolute atomic E-state index is 0.0799. The number of thiazole rings is 1. The Morgan fingerprint density at radius 2 is 2.05 bits per heavy atom. The topological polar surface area (TPSA) is 84.0 Å². The maximum atomic E-state index is 11.8. The number of pyridine rings is 1. The first-order valence-corrected chi connectivity index (χ1v) is 7.39. The lowest BCUT2D eigenvalue weighted by Gasteiger charge is -2.04. The summed E-state index contributed by atoms with van der Waals surface area (Å²) in [5.41, 5.74) is 1.79. The van der Waals surface area contributed by atoms with Crippen LogP contribution < -0.4 is 10.6 Å². The molecule has 0 aromatic carbocycles. The number of carbonyl (C=O) groups is 2. The van der Waals surface area contributed by atoms with Crippen LogP contribution in [0.1, 0.15) is 18.2 Å². The van der Waals surface area contributed by atoms with Gasteiger partial charge in [0.25, 0.3) is 0 Å². The second kappa shape index (κ2) is 7.49. The van der Waals surface area contributed by atoms with Crippen molar-refractivity contribution in [1.82, 2.24) is 15.3 Å². The van der Waals surface area contributed by atoms with Crippen LogP contribution in [0.15, 0.2) is 29.9 Å². The van der Waals surface area contributed by atoms with Gasteiger partial charge in [0.2, 0.25) is 11.8 Å². The van der Waals surface area contributed by atoms with E-state index < -0.39 is 0 Å². The van der Waals surface area contributed by atoms with Gasteiger partial charge in [-0.3, -0.25) is 14.6 Å². The van der Waals surface area contributed by atoms with Crippen LogP contribution in [0, 0.1) is 0 Å². The van der Waals surface area contributed by atoms with Crippen molar-refractivity contribution in [2.45, 2.75) is 19.8 Å². The minimum atomic E-state index is -0.169. The highest BCUT2D eigenvalue weighted by molar-refractivity contribution is 7.13. The molecule has 2 amide bonds. The van der Waals surface area contributed by atoms with Crippen molar-refractivity contribution in [3.8, 4) is 0 Å². The molecule has 0 aliphatic rings. The summed E-state index contributed by atoms with van der Waals surface area (Å²) in [4.78, 5) is 30.8. The molecule has 21 heavy (non-hydrogen) atoms. The number of carbonyl (C=O) groups excluding carboxylic acids is 2. The Bertz CT molecular complexity index is 612.